The average Bonchev–Trinajstić information content (AvgIpc) is 3.06. The maximum atomic E-state index is 12.0. The van der Waals surface area contributed by atoms with Crippen molar-refractivity contribution in [3.63, 3.8) is 0 Å². The first-order valence-electron chi connectivity index (χ1n) is 6.80. The van der Waals surface area contributed by atoms with Gasteiger partial charge in [0, 0.05) is 12.3 Å². The lowest BCUT2D eigenvalue weighted by atomic mass is 10.0. The molecule has 0 bridgehead atoms. The van der Waals surface area contributed by atoms with Crippen LogP contribution in [-0.2, 0) is 5.60 Å². The number of hydrogen-bond donors (Lipinski definition) is 2. The van der Waals surface area contributed by atoms with Gasteiger partial charge in [-0.1, -0.05) is 0 Å². The molecule has 1 atom stereocenters. The zero-order chi connectivity index (χ0) is 16.9. The highest BCUT2D eigenvalue weighted by molar-refractivity contribution is 5.93. The number of rotatable bonds is 7. The van der Waals surface area contributed by atoms with E-state index in [2.05, 4.69) is 10.3 Å². The topological polar surface area (TPSA) is 84.6 Å². The number of halogens is 2. The molecule has 0 fully saturated rings. The summed E-state index contributed by atoms with van der Waals surface area (Å²) in [6.45, 7) is 0.680. The number of pyridine rings is 1. The van der Waals surface area contributed by atoms with Gasteiger partial charge in [-0.05, 0) is 25.1 Å². The largest absolute Gasteiger partial charge is 0.472 e. The van der Waals surface area contributed by atoms with Gasteiger partial charge in [0.05, 0.1) is 18.4 Å². The maximum Gasteiger partial charge on any atom is 0.272 e. The van der Waals surface area contributed by atoms with Crippen LogP contribution in [-0.4, -0.2) is 35.6 Å². The van der Waals surface area contributed by atoms with Gasteiger partial charge in [0.2, 0.25) is 5.88 Å². The number of amides is 1. The number of nitrogens with one attached hydrogen (secondary N) is 1. The molecule has 124 valence electrons. The number of nitrogens with zero attached hydrogens (tertiary/aromatic N) is 1. The predicted octanol–water partition coefficient (Wildman–Crippen LogP) is 1.96. The van der Waals surface area contributed by atoms with Crippen molar-refractivity contribution in [1.82, 2.24) is 10.3 Å². The molecule has 0 saturated heterocycles. The van der Waals surface area contributed by atoms with E-state index >= 15 is 0 Å². The Bertz CT molecular complexity index is 627. The van der Waals surface area contributed by atoms with Crippen LogP contribution in [0.25, 0.3) is 0 Å². The number of carbonyl (C=O) groups excluding carboxylic acids is 1. The van der Waals surface area contributed by atoms with Crippen molar-refractivity contribution in [1.29, 1.82) is 0 Å². The van der Waals surface area contributed by atoms with Crippen LogP contribution in [0.15, 0.2) is 41.1 Å². The number of ether oxygens (including phenoxy) is 1. The fraction of sp³-hybridized carbons (Fsp3) is 0.333. The van der Waals surface area contributed by atoms with Gasteiger partial charge in [0.15, 0.2) is 6.61 Å². The number of furan rings is 1. The molecule has 6 nitrogen and oxygen atoms in total. The lowest BCUT2D eigenvalue weighted by molar-refractivity contribution is 0.0330. The summed E-state index contributed by atoms with van der Waals surface area (Å²) < 4.78 is 33.8. The van der Waals surface area contributed by atoms with E-state index in [1.165, 1.54) is 31.5 Å². The first kappa shape index (κ1) is 16.9. The molecule has 0 saturated carbocycles. The molecule has 2 aromatic rings. The highest BCUT2D eigenvalue weighted by atomic mass is 19.3. The van der Waals surface area contributed by atoms with Gasteiger partial charge in [0.25, 0.3) is 12.3 Å². The quantitative estimate of drug-likeness (QED) is 0.812. The molecule has 1 amide bonds. The van der Waals surface area contributed by atoms with E-state index in [9.17, 15) is 18.7 Å². The third-order valence-corrected chi connectivity index (χ3v) is 3.00. The molecule has 2 N–H and O–H groups in total. The Balaban J connectivity index is 1.90. The highest BCUT2D eigenvalue weighted by Gasteiger charge is 2.27. The second-order valence-corrected chi connectivity index (χ2v) is 5.02. The number of aliphatic hydroxyl groups is 1. The van der Waals surface area contributed by atoms with E-state index in [1.807, 2.05) is 0 Å². The van der Waals surface area contributed by atoms with Gasteiger partial charge in [-0.15, -0.1) is 0 Å². The van der Waals surface area contributed by atoms with Crippen LogP contribution in [0.3, 0.4) is 0 Å². The first-order valence-corrected chi connectivity index (χ1v) is 6.80. The summed E-state index contributed by atoms with van der Waals surface area (Å²) in [6.07, 6.45) is 0.0365. The van der Waals surface area contributed by atoms with Crippen molar-refractivity contribution in [2.24, 2.45) is 0 Å². The van der Waals surface area contributed by atoms with Crippen LogP contribution >= 0.6 is 0 Å². The van der Waals surface area contributed by atoms with Gasteiger partial charge in [-0.3, -0.25) is 4.79 Å². The molecule has 0 aromatic carbocycles. The third kappa shape index (κ3) is 4.75. The SMILES string of the molecule is CC(O)(CNC(=O)c1ccc(OCC(F)F)nc1)c1ccco1. The zero-order valence-corrected chi connectivity index (χ0v) is 12.3. The van der Waals surface area contributed by atoms with Crippen LogP contribution in [0.2, 0.25) is 0 Å². The Morgan fingerprint density at radius 2 is 2.26 bits per heavy atom. The Morgan fingerprint density at radius 1 is 1.48 bits per heavy atom. The number of carbonyl (C=O) groups is 1. The number of alkyl halides is 2. The molecule has 8 heteroatoms. The molecule has 0 radical (unpaired) electrons. The van der Waals surface area contributed by atoms with Crippen molar-refractivity contribution in [3.8, 4) is 5.88 Å². The van der Waals surface area contributed by atoms with E-state index in [-0.39, 0.29) is 18.0 Å². The normalized spacial score (nSPS) is 13.6. The summed E-state index contributed by atoms with van der Waals surface area (Å²) in [5.74, 6) is -0.138. The van der Waals surface area contributed by atoms with E-state index in [1.54, 1.807) is 12.1 Å². The van der Waals surface area contributed by atoms with Gasteiger partial charge >= 0.3 is 0 Å². The fourth-order valence-electron chi connectivity index (χ4n) is 1.77. The fourth-order valence-corrected chi connectivity index (χ4v) is 1.77. The summed E-state index contributed by atoms with van der Waals surface area (Å²) in [4.78, 5) is 15.8. The van der Waals surface area contributed by atoms with Crippen molar-refractivity contribution < 1.29 is 27.8 Å². The van der Waals surface area contributed by atoms with Gasteiger partial charge in [0.1, 0.15) is 11.4 Å². The summed E-state index contributed by atoms with van der Waals surface area (Å²) in [7, 11) is 0. The monoisotopic (exact) mass is 326 g/mol. The molecule has 2 aromatic heterocycles. The van der Waals surface area contributed by atoms with Crippen LogP contribution in [0.1, 0.15) is 23.0 Å². The molecule has 0 aliphatic carbocycles. The predicted molar refractivity (Wildman–Crippen MR) is 76.3 cm³/mol. The molecule has 0 spiro atoms. The molecular weight excluding hydrogens is 310 g/mol. The first-order chi connectivity index (χ1) is 10.9. The van der Waals surface area contributed by atoms with Gasteiger partial charge in [-0.25, -0.2) is 13.8 Å². The van der Waals surface area contributed by atoms with Crippen LogP contribution < -0.4 is 10.1 Å². The van der Waals surface area contributed by atoms with E-state index in [0.29, 0.717) is 5.76 Å². The number of aromatic nitrogens is 1. The maximum absolute atomic E-state index is 12.0. The number of hydrogen-bond acceptors (Lipinski definition) is 5. The second-order valence-electron chi connectivity index (χ2n) is 5.02. The minimum absolute atomic E-state index is 0.00410. The van der Waals surface area contributed by atoms with Crippen LogP contribution in [0.5, 0.6) is 5.88 Å². The third-order valence-electron chi connectivity index (χ3n) is 3.00. The lowest BCUT2D eigenvalue weighted by Crippen LogP contribution is -2.38. The van der Waals surface area contributed by atoms with E-state index in [0.717, 1.165) is 0 Å². The molecule has 0 aliphatic rings. The molecule has 0 aliphatic heterocycles. The molecule has 23 heavy (non-hydrogen) atoms. The van der Waals surface area contributed by atoms with Crippen molar-refractivity contribution in [2.75, 3.05) is 13.2 Å². The minimum atomic E-state index is -2.59. The molecule has 2 heterocycles. The Hall–Kier alpha value is -2.48. The van der Waals surface area contributed by atoms with Gasteiger partial charge in [-0.2, -0.15) is 0 Å². The molecular formula is C15H16F2N2O4. The van der Waals surface area contributed by atoms with Crippen LogP contribution in [0, 0.1) is 0 Å². The standard InChI is InChI=1S/C15H16F2N2O4/c1-15(21,11-3-2-6-22-11)9-19-14(20)10-4-5-13(18-7-10)23-8-12(16)17/h2-7,12,21H,8-9H2,1H3,(H,19,20). The van der Waals surface area contributed by atoms with E-state index < -0.39 is 24.5 Å². The van der Waals surface area contributed by atoms with E-state index in [4.69, 9.17) is 9.15 Å². The summed E-state index contributed by atoms with van der Waals surface area (Å²) in [5.41, 5.74) is -1.14. The minimum Gasteiger partial charge on any atom is -0.472 e. The zero-order valence-electron chi connectivity index (χ0n) is 12.3. The van der Waals surface area contributed by atoms with Gasteiger partial charge < -0.3 is 19.6 Å². The summed E-state index contributed by atoms with van der Waals surface area (Å²) in [5, 5.41) is 12.8. The Morgan fingerprint density at radius 3 is 2.83 bits per heavy atom. The highest BCUT2D eigenvalue weighted by Crippen LogP contribution is 2.20. The summed E-state index contributed by atoms with van der Waals surface area (Å²) in [6, 6.07) is 5.95. The molecule has 1 unspecified atom stereocenters. The van der Waals surface area contributed by atoms with Crippen molar-refractivity contribution >= 4 is 5.91 Å². The second kappa shape index (κ2) is 7.19. The Labute approximate surface area is 131 Å². The summed E-state index contributed by atoms with van der Waals surface area (Å²) >= 11 is 0. The smallest absolute Gasteiger partial charge is 0.272 e. The average molecular weight is 326 g/mol. The lowest BCUT2D eigenvalue weighted by Gasteiger charge is -2.21. The van der Waals surface area contributed by atoms with Crippen molar-refractivity contribution in [2.45, 2.75) is 19.0 Å². The van der Waals surface area contributed by atoms with Crippen LogP contribution in [0.4, 0.5) is 8.78 Å². The molecule has 2 rings (SSSR count). The Kier molecular flexibility index (Phi) is 5.28. The van der Waals surface area contributed by atoms with Crippen molar-refractivity contribution in [3.05, 3.63) is 48.0 Å².